The molecule has 7 heterocycles. The van der Waals surface area contributed by atoms with Gasteiger partial charge in [0.15, 0.2) is 11.6 Å². The van der Waals surface area contributed by atoms with E-state index in [1.807, 2.05) is 6.92 Å². The number of ether oxygens (including phenoxy) is 2. The monoisotopic (exact) mass is 653 g/mol. The Morgan fingerprint density at radius 2 is 2.04 bits per heavy atom. The lowest BCUT2D eigenvalue weighted by Crippen LogP contribution is -2.62. The SMILES string of the molecule is C#Cc1cccc2c(F)c(N)cc(-c3nc4c5c(nc(OCC67C[C@@H](F)CN6CCC7=C)nc5c3F)N3C[C@H]5CC[C@H](N5)[C@H]3[C@H](C)O4)c12. The van der Waals surface area contributed by atoms with Crippen LogP contribution in [0.5, 0.6) is 11.9 Å². The third-order valence-electron chi connectivity index (χ3n) is 11.1. The highest BCUT2D eigenvalue weighted by molar-refractivity contribution is 6.05. The number of pyridine rings is 1. The summed E-state index contributed by atoms with van der Waals surface area (Å²) in [6.07, 6.45) is 7.46. The molecule has 0 amide bonds. The lowest BCUT2D eigenvalue weighted by molar-refractivity contribution is 0.130. The summed E-state index contributed by atoms with van der Waals surface area (Å²) in [5.41, 5.74) is 6.56. The smallest absolute Gasteiger partial charge is 0.319 e. The van der Waals surface area contributed by atoms with Crippen LogP contribution in [0.3, 0.4) is 0 Å². The van der Waals surface area contributed by atoms with Crippen molar-refractivity contribution in [2.45, 2.75) is 68.5 Å². The topological polar surface area (TPSA) is 102 Å². The van der Waals surface area contributed by atoms with Crippen LogP contribution in [-0.2, 0) is 0 Å². The zero-order chi connectivity index (χ0) is 33.1. The van der Waals surface area contributed by atoms with E-state index in [4.69, 9.17) is 31.6 Å². The van der Waals surface area contributed by atoms with Crippen LogP contribution >= 0.6 is 0 Å². The van der Waals surface area contributed by atoms with Crippen LogP contribution in [0.15, 0.2) is 36.4 Å². The van der Waals surface area contributed by atoms with Crippen molar-refractivity contribution in [3.8, 4) is 35.5 Å². The summed E-state index contributed by atoms with van der Waals surface area (Å²) in [6.45, 7) is 7.95. The largest absolute Gasteiger partial charge is 0.472 e. The van der Waals surface area contributed by atoms with Crippen LogP contribution in [0, 0.1) is 24.0 Å². The first-order valence-corrected chi connectivity index (χ1v) is 16.5. The van der Waals surface area contributed by atoms with Gasteiger partial charge in [-0.15, -0.1) is 6.42 Å². The molecule has 4 saturated heterocycles. The number of halogens is 3. The predicted molar refractivity (Wildman–Crippen MR) is 177 cm³/mol. The average molecular weight is 654 g/mol. The van der Waals surface area contributed by atoms with Crippen molar-refractivity contribution in [2.24, 2.45) is 0 Å². The van der Waals surface area contributed by atoms with E-state index < -0.39 is 23.3 Å². The molecule has 0 aliphatic carbocycles. The zero-order valence-corrected chi connectivity index (χ0v) is 26.4. The van der Waals surface area contributed by atoms with Crippen molar-refractivity contribution in [3.63, 3.8) is 0 Å². The van der Waals surface area contributed by atoms with Gasteiger partial charge in [0.2, 0.25) is 5.88 Å². The molecule has 9 nitrogen and oxygen atoms in total. The summed E-state index contributed by atoms with van der Waals surface area (Å²) in [4.78, 5) is 18.6. The normalized spacial score (nSPS) is 29.1. The molecule has 3 N–H and O–H groups in total. The van der Waals surface area contributed by atoms with Gasteiger partial charge in [0.25, 0.3) is 0 Å². The van der Waals surface area contributed by atoms with Gasteiger partial charge in [-0.3, -0.25) is 4.90 Å². The standard InChI is InChI=1S/C36H34F3N7O2/c1-4-19-6-5-7-22-26(19)23(12-24(40)28(22)38)30-29(39)31-27-33(46-15-21-8-9-25(41-21)32(46)18(3)48-34(27)42-30)44-35(43-31)47-16-36-13-20(37)14-45(36)11-10-17(36)2/h1,5-7,12,18,20-21,25,32,41H,2,8-11,13-16,40H2,3H3/t18-,20+,21+,25-,32+,36?/m0/s1. The number of rotatable bonds is 4. The number of piperazine rings is 1. The predicted octanol–water partition coefficient (Wildman–Crippen LogP) is 4.90. The van der Waals surface area contributed by atoms with Crippen LogP contribution in [0.4, 0.5) is 24.7 Å². The fourth-order valence-corrected chi connectivity index (χ4v) is 8.90. The molecule has 4 aromatic rings. The highest BCUT2D eigenvalue weighted by Gasteiger charge is 2.52. The molecule has 48 heavy (non-hydrogen) atoms. The maximum atomic E-state index is 17.2. The maximum Gasteiger partial charge on any atom is 0.319 e. The molecule has 2 bridgehead atoms. The fraction of sp³-hybridized carbons (Fsp3) is 0.417. The van der Waals surface area contributed by atoms with Crippen molar-refractivity contribution in [2.75, 3.05) is 36.9 Å². The molecule has 0 spiro atoms. The number of nitrogens with one attached hydrogen (secondary N) is 1. The minimum absolute atomic E-state index is 0.0391. The number of hydrogen-bond acceptors (Lipinski definition) is 9. The van der Waals surface area contributed by atoms with Gasteiger partial charge >= 0.3 is 6.01 Å². The average Bonchev–Trinajstić information content (AvgIpc) is 3.69. The number of hydrogen-bond donors (Lipinski definition) is 2. The Bertz CT molecular complexity index is 2100. The van der Waals surface area contributed by atoms with E-state index in [1.165, 1.54) is 6.07 Å². The molecule has 5 aliphatic rings. The lowest BCUT2D eigenvalue weighted by Gasteiger charge is -2.42. The van der Waals surface area contributed by atoms with E-state index in [1.54, 1.807) is 18.2 Å². The second-order valence-corrected chi connectivity index (χ2v) is 13.8. The van der Waals surface area contributed by atoms with Crippen molar-refractivity contribution >= 4 is 33.2 Å². The summed E-state index contributed by atoms with van der Waals surface area (Å²) in [5.74, 6) is 1.78. The summed E-state index contributed by atoms with van der Waals surface area (Å²) < 4.78 is 60.1. The molecule has 0 radical (unpaired) electrons. The first kappa shape index (κ1) is 29.5. The van der Waals surface area contributed by atoms with Gasteiger partial charge in [0.1, 0.15) is 41.3 Å². The Hall–Kier alpha value is -4.60. The van der Waals surface area contributed by atoms with Crippen LogP contribution in [0.2, 0.25) is 0 Å². The number of benzene rings is 2. The second kappa shape index (κ2) is 10.4. The van der Waals surface area contributed by atoms with Gasteiger partial charge in [-0.2, -0.15) is 9.97 Å². The molecule has 0 saturated carbocycles. The number of anilines is 2. The molecule has 12 heteroatoms. The van der Waals surface area contributed by atoms with E-state index >= 15 is 8.78 Å². The Morgan fingerprint density at radius 3 is 2.88 bits per heavy atom. The van der Waals surface area contributed by atoms with E-state index in [9.17, 15) is 4.39 Å². The van der Waals surface area contributed by atoms with Crippen molar-refractivity contribution < 1.29 is 22.6 Å². The first-order chi connectivity index (χ1) is 23.2. The Labute approximate surface area is 275 Å². The molecule has 6 atom stereocenters. The van der Waals surface area contributed by atoms with E-state index in [2.05, 4.69) is 32.6 Å². The Kier molecular flexibility index (Phi) is 6.43. The lowest BCUT2D eigenvalue weighted by atomic mass is 9.90. The zero-order valence-electron chi connectivity index (χ0n) is 26.4. The fourth-order valence-electron chi connectivity index (χ4n) is 8.90. The van der Waals surface area contributed by atoms with Gasteiger partial charge in [-0.05, 0) is 38.3 Å². The number of nitrogens with zero attached hydrogens (tertiary/aromatic N) is 5. The highest BCUT2D eigenvalue weighted by Crippen LogP contribution is 2.47. The number of fused-ring (bicyclic) bond motifs is 7. The van der Waals surface area contributed by atoms with Crippen molar-refractivity contribution in [1.29, 1.82) is 0 Å². The molecule has 4 fully saturated rings. The Balaban J connectivity index is 1.27. The van der Waals surface area contributed by atoms with Crippen molar-refractivity contribution in [1.82, 2.24) is 25.2 Å². The van der Waals surface area contributed by atoms with Gasteiger partial charge < -0.3 is 25.4 Å². The number of aromatic nitrogens is 3. The van der Waals surface area contributed by atoms with Crippen LogP contribution in [-0.4, -0.2) is 82.0 Å². The second-order valence-electron chi connectivity index (χ2n) is 13.8. The molecule has 9 rings (SSSR count). The third-order valence-corrected chi connectivity index (χ3v) is 11.1. The van der Waals surface area contributed by atoms with E-state index in [0.717, 1.165) is 24.8 Å². The summed E-state index contributed by atoms with van der Waals surface area (Å²) in [5, 5.41) is 4.48. The molecular formula is C36H34F3N7O2. The first-order valence-electron chi connectivity index (χ1n) is 16.5. The van der Waals surface area contributed by atoms with E-state index in [-0.39, 0.29) is 77.0 Å². The maximum absolute atomic E-state index is 17.2. The van der Waals surface area contributed by atoms with Gasteiger partial charge in [0, 0.05) is 60.0 Å². The molecular weight excluding hydrogens is 619 g/mol. The quantitative estimate of drug-likeness (QED) is 0.181. The van der Waals surface area contributed by atoms with Crippen LogP contribution in [0.1, 0.15) is 38.2 Å². The third kappa shape index (κ3) is 4.10. The van der Waals surface area contributed by atoms with Gasteiger partial charge in [-0.1, -0.05) is 30.2 Å². The Morgan fingerprint density at radius 1 is 1.19 bits per heavy atom. The van der Waals surface area contributed by atoms with Crippen LogP contribution < -0.4 is 25.4 Å². The van der Waals surface area contributed by atoms with Gasteiger partial charge in [-0.25, -0.2) is 18.2 Å². The molecule has 2 aromatic heterocycles. The number of nitrogens with two attached hydrogens (primary N) is 1. The van der Waals surface area contributed by atoms with E-state index in [0.29, 0.717) is 41.8 Å². The molecule has 2 aromatic carbocycles. The minimum Gasteiger partial charge on any atom is -0.472 e. The number of nitrogen functional groups attached to an aromatic ring is 1. The minimum atomic E-state index is -0.997. The highest BCUT2D eigenvalue weighted by atomic mass is 19.1. The molecule has 246 valence electrons. The summed E-state index contributed by atoms with van der Waals surface area (Å²) in [6, 6.07) is 6.37. The van der Waals surface area contributed by atoms with Gasteiger partial charge in [0.05, 0.1) is 17.3 Å². The molecule has 5 aliphatic heterocycles. The summed E-state index contributed by atoms with van der Waals surface area (Å²) in [7, 11) is 0. The molecule has 1 unspecified atom stereocenters. The number of alkyl halides is 1. The summed E-state index contributed by atoms with van der Waals surface area (Å²) >= 11 is 0. The number of terminal acetylenes is 1. The van der Waals surface area contributed by atoms with Crippen LogP contribution in [0.25, 0.3) is 32.9 Å². The van der Waals surface area contributed by atoms with Crippen molar-refractivity contribution in [3.05, 3.63) is 53.6 Å².